The van der Waals surface area contributed by atoms with Gasteiger partial charge in [0, 0.05) is 18.8 Å². The number of nitrogens with one attached hydrogen (secondary N) is 1. The lowest BCUT2D eigenvalue weighted by molar-refractivity contribution is 0.600. The number of H-pyrrole nitrogens is 1. The van der Waals surface area contributed by atoms with E-state index in [-0.39, 0.29) is 17.0 Å². The zero-order valence-electron chi connectivity index (χ0n) is 11.6. The molecule has 2 unspecified atom stereocenters. The van der Waals surface area contributed by atoms with Crippen LogP contribution >= 0.6 is 11.8 Å². The minimum absolute atomic E-state index is 0.0398. The number of pyridine rings is 1. The van der Waals surface area contributed by atoms with Crippen LogP contribution in [0.2, 0.25) is 0 Å². The van der Waals surface area contributed by atoms with Gasteiger partial charge in [0.1, 0.15) is 0 Å². The summed E-state index contributed by atoms with van der Waals surface area (Å²) in [6.07, 6.45) is 2.62. The Morgan fingerprint density at radius 1 is 1.50 bits per heavy atom. The monoisotopic (exact) mass is 293 g/mol. The molecule has 0 bridgehead atoms. The second-order valence-electron chi connectivity index (χ2n) is 4.62. The Morgan fingerprint density at radius 2 is 2.30 bits per heavy atom. The first kappa shape index (κ1) is 14.8. The van der Waals surface area contributed by atoms with E-state index in [9.17, 15) is 4.79 Å². The average molecular weight is 293 g/mol. The predicted octanol–water partition coefficient (Wildman–Crippen LogP) is 1.56. The zero-order chi connectivity index (χ0) is 14.5. The quantitative estimate of drug-likeness (QED) is 0.789. The van der Waals surface area contributed by atoms with E-state index in [1.807, 2.05) is 32.0 Å². The summed E-state index contributed by atoms with van der Waals surface area (Å²) in [7, 11) is 0. The highest BCUT2D eigenvalue weighted by Crippen LogP contribution is 2.34. The molecule has 0 aliphatic rings. The van der Waals surface area contributed by atoms with Crippen LogP contribution in [0.5, 0.6) is 0 Å². The number of hydrogen-bond donors (Lipinski definition) is 2. The SMILES string of the molecule is CCCn1c(SC(c2ccccn2)C(C)N)n[nH]c1=O. The van der Waals surface area contributed by atoms with Crippen LogP contribution in [-0.4, -0.2) is 25.8 Å². The first-order chi connectivity index (χ1) is 9.63. The van der Waals surface area contributed by atoms with Crippen LogP contribution in [-0.2, 0) is 6.54 Å². The Morgan fingerprint density at radius 3 is 2.90 bits per heavy atom. The molecule has 108 valence electrons. The molecule has 0 saturated carbocycles. The smallest absolute Gasteiger partial charge is 0.327 e. The van der Waals surface area contributed by atoms with Crippen LogP contribution in [0.4, 0.5) is 0 Å². The summed E-state index contributed by atoms with van der Waals surface area (Å²) in [6, 6.07) is 5.64. The van der Waals surface area contributed by atoms with Crippen molar-refractivity contribution < 1.29 is 0 Å². The minimum Gasteiger partial charge on any atom is -0.327 e. The van der Waals surface area contributed by atoms with Crippen molar-refractivity contribution in [1.82, 2.24) is 19.7 Å². The molecule has 0 aliphatic carbocycles. The maximum atomic E-state index is 11.7. The van der Waals surface area contributed by atoms with Crippen molar-refractivity contribution in [3.63, 3.8) is 0 Å². The Balaban J connectivity index is 2.28. The van der Waals surface area contributed by atoms with Gasteiger partial charge in [-0.1, -0.05) is 24.8 Å². The van der Waals surface area contributed by atoms with Crippen LogP contribution in [0, 0.1) is 0 Å². The fraction of sp³-hybridized carbons (Fsp3) is 0.462. The van der Waals surface area contributed by atoms with Gasteiger partial charge in [-0.3, -0.25) is 9.55 Å². The first-order valence-electron chi connectivity index (χ1n) is 6.61. The number of aromatic nitrogens is 4. The highest BCUT2D eigenvalue weighted by Gasteiger charge is 2.22. The lowest BCUT2D eigenvalue weighted by Crippen LogP contribution is -2.24. The van der Waals surface area contributed by atoms with E-state index < -0.39 is 0 Å². The van der Waals surface area contributed by atoms with Crippen LogP contribution in [0.25, 0.3) is 0 Å². The molecule has 6 nitrogen and oxygen atoms in total. The molecule has 0 aromatic carbocycles. The molecular formula is C13H19N5OS. The average Bonchev–Trinajstić information content (AvgIpc) is 2.78. The van der Waals surface area contributed by atoms with Gasteiger partial charge in [0.2, 0.25) is 0 Å². The van der Waals surface area contributed by atoms with E-state index in [4.69, 9.17) is 5.73 Å². The van der Waals surface area contributed by atoms with E-state index in [1.54, 1.807) is 10.8 Å². The molecule has 0 fully saturated rings. The summed E-state index contributed by atoms with van der Waals surface area (Å²) in [6.45, 7) is 4.60. The van der Waals surface area contributed by atoms with Crippen molar-refractivity contribution in [2.75, 3.05) is 0 Å². The molecule has 0 amide bonds. The van der Waals surface area contributed by atoms with Crippen molar-refractivity contribution in [2.45, 2.75) is 43.3 Å². The van der Waals surface area contributed by atoms with Crippen molar-refractivity contribution in [3.8, 4) is 0 Å². The Kier molecular flexibility index (Phi) is 4.97. The van der Waals surface area contributed by atoms with E-state index in [0.717, 1.165) is 12.1 Å². The molecule has 2 heterocycles. The molecule has 0 saturated heterocycles. The molecule has 0 radical (unpaired) electrons. The van der Waals surface area contributed by atoms with E-state index in [2.05, 4.69) is 15.2 Å². The van der Waals surface area contributed by atoms with Crippen LogP contribution in [0.3, 0.4) is 0 Å². The van der Waals surface area contributed by atoms with Crippen molar-refractivity contribution >= 4 is 11.8 Å². The Bertz CT molecular complexity index is 592. The van der Waals surface area contributed by atoms with Crippen molar-refractivity contribution in [1.29, 1.82) is 0 Å². The molecule has 2 aromatic rings. The van der Waals surface area contributed by atoms with Gasteiger partial charge in [-0.05, 0) is 25.5 Å². The van der Waals surface area contributed by atoms with Gasteiger partial charge in [0.25, 0.3) is 0 Å². The molecule has 0 aliphatic heterocycles. The van der Waals surface area contributed by atoms with Gasteiger partial charge in [-0.15, -0.1) is 5.10 Å². The maximum absolute atomic E-state index is 11.7. The molecule has 7 heteroatoms. The third-order valence-electron chi connectivity index (χ3n) is 2.86. The summed E-state index contributed by atoms with van der Waals surface area (Å²) in [4.78, 5) is 16.1. The number of hydrogen-bond acceptors (Lipinski definition) is 5. The van der Waals surface area contributed by atoms with E-state index in [1.165, 1.54) is 11.8 Å². The number of rotatable bonds is 6. The second-order valence-corrected chi connectivity index (χ2v) is 5.72. The van der Waals surface area contributed by atoms with Gasteiger partial charge < -0.3 is 5.73 Å². The first-order valence-corrected chi connectivity index (χ1v) is 7.49. The van der Waals surface area contributed by atoms with Crippen molar-refractivity contribution in [3.05, 3.63) is 40.6 Å². The van der Waals surface area contributed by atoms with E-state index in [0.29, 0.717) is 11.7 Å². The molecule has 2 rings (SSSR count). The maximum Gasteiger partial charge on any atom is 0.343 e. The number of nitrogens with two attached hydrogens (primary N) is 1. The second kappa shape index (κ2) is 6.71. The molecule has 2 atom stereocenters. The highest BCUT2D eigenvalue weighted by atomic mass is 32.2. The topological polar surface area (TPSA) is 89.6 Å². The third-order valence-corrected chi connectivity index (χ3v) is 4.31. The summed E-state index contributed by atoms with van der Waals surface area (Å²) >= 11 is 1.47. The Labute approximate surface area is 121 Å². The summed E-state index contributed by atoms with van der Waals surface area (Å²) in [5, 5.41) is 7.20. The molecule has 0 spiro atoms. The van der Waals surface area contributed by atoms with E-state index >= 15 is 0 Å². The van der Waals surface area contributed by atoms with Crippen LogP contribution < -0.4 is 11.4 Å². The van der Waals surface area contributed by atoms with Crippen LogP contribution in [0.15, 0.2) is 34.3 Å². The summed E-state index contributed by atoms with van der Waals surface area (Å²) in [5.74, 6) is 0. The fourth-order valence-corrected chi connectivity index (χ4v) is 3.01. The van der Waals surface area contributed by atoms with Gasteiger partial charge in [-0.25, -0.2) is 9.89 Å². The Hall–Kier alpha value is -1.60. The third kappa shape index (κ3) is 3.29. The number of aromatic amines is 1. The lowest BCUT2D eigenvalue weighted by atomic mass is 10.2. The minimum atomic E-state index is -0.182. The summed E-state index contributed by atoms with van der Waals surface area (Å²) in [5.41, 5.74) is 6.77. The van der Waals surface area contributed by atoms with Gasteiger partial charge >= 0.3 is 5.69 Å². The molecular weight excluding hydrogens is 274 g/mol. The van der Waals surface area contributed by atoms with Gasteiger partial charge in [0.05, 0.1) is 10.9 Å². The number of nitrogens with zero attached hydrogens (tertiary/aromatic N) is 3. The van der Waals surface area contributed by atoms with Crippen molar-refractivity contribution in [2.24, 2.45) is 5.73 Å². The number of thioether (sulfide) groups is 1. The molecule has 3 N–H and O–H groups in total. The molecule has 20 heavy (non-hydrogen) atoms. The highest BCUT2D eigenvalue weighted by molar-refractivity contribution is 7.99. The molecule has 2 aromatic heterocycles. The van der Waals surface area contributed by atoms with Gasteiger partial charge in [-0.2, -0.15) is 0 Å². The zero-order valence-corrected chi connectivity index (χ0v) is 12.4. The predicted molar refractivity (Wildman–Crippen MR) is 79.6 cm³/mol. The summed E-state index contributed by atoms with van der Waals surface area (Å²) < 4.78 is 1.64. The fourth-order valence-electron chi connectivity index (χ4n) is 1.91. The largest absolute Gasteiger partial charge is 0.343 e. The normalized spacial score (nSPS) is 14.2. The lowest BCUT2D eigenvalue weighted by Gasteiger charge is -2.19. The van der Waals surface area contributed by atoms with Gasteiger partial charge in [0.15, 0.2) is 5.16 Å². The van der Waals surface area contributed by atoms with Crippen LogP contribution in [0.1, 0.15) is 31.2 Å². The standard InChI is InChI=1S/C13H19N5OS/c1-3-8-18-12(19)16-17-13(18)20-11(9(2)14)10-6-4-5-7-15-10/h4-7,9,11H,3,8,14H2,1-2H3,(H,16,19).